The van der Waals surface area contributed by atoms with Gasteiger partial charge in [-0.1, -0.05) is 6.07 Å². The van der Waals surface area contributed by atoms with Crippen LogP contribution in [0, 0.1) is 0 Å². The number of piperidine rings is 1. The van der Waals surface area contributed by atoms with Crippen LogP contribution in [0.3, 0.4) is 0 Å². The van der Waals surface area contributed by atoms with Gasteiger partial charge < -0.3 is 19.4 Å². The van der Waals surface area contributed by atoms with Crippen LogP contribution in [-0.2, 0) is 6.54 Å². The van der Waals surface area contributed by atoms with E-state index in [2.05, 4.69) is 15.5 Å². The zero-order valence-corrected chi connectivity index (χ0v) is 16.8. The number of nitrogens with zero attached hydrogens (tertiary/aromatic N) is 2. The zero-order valence-electron chi connectivity index (χ0n) is 16.8. The summed E-state index contributed by atoms with van der Waals surface area (Å²) in [4.78, 5) is 26.9. The van der Waals surface area contributed by atoms with Crippen molar-refractivity contribution in [3.63, 3.8) is 0 Å². The fourth-order valence-electron chi connectivity index (χ4n) is 3.67. The maximum Gasteiger partial charge on any atom is 0.272 e. The number of amides is 2. The smallest absolute Gasteiger partial charge is 0.272 e. The van der Waals surface area contributed by atoms with Crippen LogP contribution >= 0.6 is 0 Å². The Morgan fingerprint density at radius 2 is 2.07 bits per heavy atom. The Morgan fingerprint density at radius 3 is 2.80 bits per heavy atom. The third-order valence-corrected chi connectivity index (χ3v) is 5.37. The summed E-state index contributed by atoms with van der Waals surface area (Å²) in [6, 6.07) is 12.6. The van der Waals surface area contributed by atoms with Gasteiger partial charge in [0.05, 0.1) is 19.9 Å². The topological polar surface area (TPSA) is 100 Å². The summed E-state index contributed by atoms with van der Waals surface area (Å²) in [6.07, 6.45) is 3.19. The number of aromatic nitrogens is 2. The Labute approximate surface area is 174 Å². The molecule has 3 heterocycles. The van der Waals surface area contributed by atoms with E-state index in [1.165, 1.54) is 0 Å². The van der Waals surface area contributed by atoms with Gasteiger partial charge in [0.15, 0.2) is 0 Å². The maximum absolute atomic E-state index is 12.8. The second-order valence-electron chi connectivity index (χ2n) is 7.27. The van der Waals surface area contributed by atoms with Crippen molar-refractivity contribution < 1.29 is 18.7 Å². The molecule has 1 aliphatic heterocycles. The van der Waals surface area contributed by atoms with Gasteiger partial charge in [-0.05, 0) is 49.2 Å². The third kappa shape index (κ3) is 4.37. The summed E-state index contributed by atoms with van der Waals surface area (Å²) >= 11 is 0. The Bertz CT molecular complexity index is 1000. The summed E-state index contributed by atoms with van der Waals surface area (Å²) in [5, 5.41) is 9.92. The summed E-state index contributed by atoms with van der Waals surface area (Å²) in [5.74, 6) is 1.35. The zero-order chi connectivity index (χ0) is 20.9. The van der Waals surface area contributed by atoms with Gasteiger partial charge in [-0.25, -0.2) is 0 Å². The minimum absolute atomic E-state index is 0.00922. The second kappa shape index (κ2) is 8.86. The average molecular weight is 408 g/mol. The molecule has 0 atom stereocenters. The van der Waals surface area contributed by atoms with Crippen molar-refractivity contribution in [2.24, 2.45) is 0 Å². The number of ether oxygens (including phenoxy) is 1. The maximum atomic E-state index is 12.8. The van der Waals surface area contributed by atoms with E-state index in [4.69, 9.17) is 9.15 Å². The van der Waals surface area contributed by atoms with E-state index >= 15 is 0 Å². The molecule has 2 N–H and O–H groups in total. The van der Waals surface area contributed by atoms with Crippen molar-refractivity contribution in [2.75, 3.05) is 20.2 Å². The van der Waals surface area contributed by atoms with Gasteiger partial charge in [0.2, 0.25) is 0 Å². The van der Waals surface area contributed by atoms with E-state index in [0.717, 1.165) is 18.5 Å². The van der Waals surface area contributed by atoms with Crippen LogP contribution in [0.5, 0.6) is 5.75 Å². The summed E-state index contributed by atoms with van der Waals surface area (Å²) in [5.41, 5.74) is 1.91. The van der Waals surface area contributed by atoms with Crippen LogP contribution in [0.4, 0.5) is 0 Å². The number of furan rings is 1. The third-order valence-electron chi connectivity index (χ3n) is 5.37. The largest absolute Gasteiger partial charge is 0.497 e. The lowest BCUT2D eigenvalue weighted by atomic mass is 9.93. The van der Waals surface area contributed by atoms with E-state index in [-0.39, 0.29) is 17.7 Å². The molecule has 156 valence electrons. The number of methoxy groups -OCH3 is 1. The highest BCUT2D eigenvalue weighted by molar-refractivity contribution is 5.94. The van der Waals surface area contributed by atoms with Gasteiger partial charge in [-0.15, -0.1) is 0 Å². The fraction of sp³-hybridized carbons (Fsp3) is 0.318. The monoisotopic (exact) mass is 408 g/mol. The molecule has 4 rings (SSSR count). The minimum atomic E-state index is -0.250. The van der Waals surface area contributed by atoms with Gasteiger partial charge in [0, 0.05) is 30.3 Å². The fourth-order valence-corrected chi connectivity index (χ4v) is 3.67. The molecule has 3 aromatic rings. The summed E-state index contributed by atoms with van der Waals surface area (Å²) in [6.45, 7) is 1.62. The number of rotatable bonds is 6. The molecule has 8 nitrogen and oxygen atoms in total. The van der Waals surface area contributed by atoms with Gasteiger partial charge in [-0.3, -0.25) is 14.7 Å². The first-order valence-corrected chi connectivity index (χ1v) is 9.93. The number of hydrogen-bond donors (Lipinski definition) is 2. The predicted octanol–water partition coefficient (Wildman–Crippen LogP) is 2.96. The van der Waals surface area contributed by atoms with Crippen LogP contribution < -0.4 is 10.1 Å². The Balaban J connectivity index is 1.32. The summed E-state index contributed by atoms with van der Waals surface area (Å²) < 4.78 is 10.4. The molecule has 2 amide bonds. The van der Waals surface area contributed by atoms with Gasteiger partial charge in [0.25, 0.3) is 11.8 Å². The molecule has 0 spiro atoms. The first-order valence-electron chi connectivity index (χ1n) is 9.93. The van der Waals surface area contributed by atoms with Crippen molar-refractivity contribution in [2.45, 2.75) is 25.3 Å². The quantitative estimate of drug-likeness (QED) is 0.653. The van der Waals surface area contributed by atoms with Crippen LogP contribution in [-0.4, -0.2) is 47.1 Å². The molecule has 0 saturated carbocycles. The normalized spacial score (nSPS) is 14.5. The number of H-pyrrole nitrogens is 1. The highest BCUT2D eigenvalue weighted by Gasteiger charge is 2.26. The Hall–Kier alpha value is -3.55. The van der Waals surface area contributed by atoms with Crippen molar-refractivity contribution in [1.82, 2.24) is 20.4 Å². The lowest BCUT2D eigenvalue weighted by molar-refractivity contribution is 0.0711. The van der Waals surface area contributed by atoms with E-state index < -0.39 is 0 Å². The second-order valence-corrected chi connectivity index (χ2v) is 7.27. The van der Waals surface area contributed by atoms with Crippen LogP contribution in [0.15, 0.2) is 53.1 Å². The molecular formula is C22H24N4O4. The van der Waals surface area contributed by atoms with E-state index in [0.29, 0.717) is 42.4 Å². The minimum Gasteiger partial charge on any atom is -0.497 e. The van der Waals surface area contributed by atoms with Crippen molar-refractivity contribution >= 4 is 11.8 Å². The Morgan fingerprint density at radius 1 is 1.23 bits per heavy atom. The predicted molar refractivity (Wildman–Crippen MR) is 109 cm³/mol. The van der Waals surface area contributed by atoms with E-state index in [1.807, 2.05) is 17.0 Å². The molecule has 1 aromatic carbocycles. The summed E-state index contributed by atoms with van der Waals surface area (Å²) in [7, 11) is 1.59. The molecule has 30 heavy (non-hydrogen) atoms. The van der Waals surface area contributed by atoms with Gasteiger partial charge in [0.1, 0.15) is 17.2 Å². The van der Waals surface area contributed by atoms with E-state index in [9.17, 15) is 9.59 Å². The highest BCUT2D eigenvalue weighted by Crippen LogP contribution is 2.28. The number of nitrogens with one attached hydrogen (secondary N) is 2. The lowest BCUT2D eigenvalue weighted by Crippen LogP contribution is -2.38. The Kier molecular flexibility index (Phi) is 5.83. The van der Waals surface area contributed by atoms with Gasteiger partial charge in [-0.2, -0.15) is 5.10 Å². The lowest BCUT2D eigenvalue weighted by Gasteiger charge is -2.31. The molecule has 8 heteroatoms. The molecule has 0 bridgehead atoms. The molecule has 0 radical (unpaired) electrons. The molecule has 0 aliphatic carbocycles. The SMILES string of the molecule is COc1cccc(C(=O)N2CCC(c3cc(C(=O)NCc4ccco4)n[nH]3)CC2)c1. The molecule has 2 aromatic heterocycles. The number of benzene rings is 1. The first-order chi connectivity index (χ1) is 14.6. The molecule has 0 unspecified atom stereocenters. The highest BCUT2D eigenvalue weighted by atomic mass is 16.5. The van der Waals surface area contributed by atoms with Crippen molar-refractivity contribution in [3.8, 4) is 5.75 Å². The number of likely N-dealkylation sites (tertiary alicyclic amines) is 1. The number of aromatic amines is 1. The van der Waals surface area contributed by atoms with Crippen molar-refractivity contribution in [1.29, 1.82) is 0 Å². The average Bonchev–Trinajstić information content (AvgIpc) is 3.49. The van der Waals surface area contributed by atoms with Crippen LogP contribution in [0.25, 0.3) is 0 Å². The van der Waals surface area contributed by atoms with Gasteiger partial charge >= 0.3 is 0 Å². The van der Waals surface area contributed by atoms with Crippen molar-refractivity contribution in [3.05, 3.63) is 71.4 Å². The standard InChI is InChI=1S/C22H24N4O4/c1-29-17-5-2-4-16(12-17)22(28)26-9-7-15(8-10-26)19-13-20(25-24-19)21(27)23-14-18-6-3-11-30-18/h2-6,11-13,15H,7-10,14H2,1H3,(H,23,27)(H,24,25). The van der Waals surface area contributed by atoms with Crippen LogP contribution in [0.1, 0.15) is 51.1 Å². The molecule has 1 aliphatic rings. The first kappa shape index (κ1) is 19.8. The van der Waals surface area contributed by atoms with Crippen LogP contribution in [0.2, 0.25) is 0 Å². The number of carbonyl (C=O) groups excluding carboxylic acids is 2. The van der Waals surface area contributed by atoms with E-state index in [1.54, 1.807) is 43.7 Å². The molecule has 1 fully saturated rings. The number of hydrogen-bond acceptors (Lipinski definition) is 5. The molecular weight excluding hydrogens is 384 g/mol. The number of carbonyl (C=O) groups is 2. The molecule has 1 saturated heterocycles.